The molecule has 0 radical (unpaired) electrons. The summed E-state index contributed by atoms with van der Waals surface area (Å²) in [6.45, 7) is 0.187. The Kier molecular flexibility index (Phi) is 5.99. The quantitative estimate of drug-likeness (QED) is 0.426. The Balaban J connectivity index is 1.51. The standard InChI is InChI=1S/C21H19FN6O2S/c1-31-21-17(20-25-19(27-30-20)14-5-3-2-4-6-14)18(23)28(26-21)12-16(29)24-11-13-7-9-15(22)10-8-13/h2-10H,11-12,23H2,1H3,(H,24,29). The largest absolute Gasteiger partial charge is 0.383 e. The number of anilines is 1. The van der Waals surface area contributed by atoms with E-state index in [9.17, 15) is 9.18 Å². The number of hydrogen-bond acceptors (Lipinski definition) is 7. The summed E-state index contributed by atoms with van der Waals surface area (Å²) in [6.07, 6.45) is 1.85. The van der Waals surface area contributed by atoms with E-state index in [1.807, 2.05) is 36.6 Å². The smallest absolute Gasteiger partial charge is 0.264 e. The zero-order valence-corrected chi connectivity index (χ0v) is 17.4. The monoisotopic (exact) mass is 438 g/mol. The van der Waals surface area contributed by atoms with Crippen molar-refractivity contribution in [3.63, 3.8) is 0 Å². The summed E-state index contributed by atoms with van der Waals surface area (Å²) in [4.78, 5) is 16.8. The van der Waals surface area contributed by atoms with E-state index >= 15 is 0 Å². The number of rotatable bonds is 7. The van der Waals surface area contributed by atoms with Crippen LogP contribution in [0.15, 0.2) is 64.1 Å². The predicted molar refractivity (Wildman–Crippen MR) is 115 cm³/mol. The Labute approximate surface area is 181 Å². The summed E-state index contributed by atoms with van der Waals surface area (Å²) in [5.74, 6) is 0.316. The van der Waals surface area contributed by atoms with E-state index in [0.717, 1.165) is 11.1 Å². The number of amides is 1. The highest BCUT2D eigenvalue weighted by molar-refractivity contribution is 7.98. The summed E-state index contributed by atoms with van der Waals surface area (Å²) in [6, 6.07) is 15.3. The Morgan fingerprint density at radius 3 is 2.65 bits per heavy atom. The second-order valence-corrected chi connectivity index (χ2v) is 7.41. The van der Waals surface area contributed by atoms with Crippen molar-refractivity contribution >= 4 is 23.5 Å². The van der Waals surface area contributed by atoms with E-state index in [2.05, 4.69) is 20.6 Å². The van der Waals surface area contributed by atoms with Crippen molar-refractivity contribution in [1.82, 2.24) is 25.2 Å². The van der Waals surface area contributed by atoms with Gasteiger partial charge in [-0.15, -0.1) is 11.8 Å². The molecule has 4 rings (SSSR count). The second kappa shape index (κ2) is 9.00. The molecule has 0 bridgehead atoms. The average molecular weight is 438 g/mol. The van der Waals surface area contributed by atoms with E-state index < -0.39 is 0 Å². The number of nitrogen functional groups attached to an aromatic ring is 1. The molecule has 158 valence electrons. The first-order valence-electron chi connectivity index (χ1n) is 9.36. The van der Waals surface area contributed by atoms with Gasteiger partial charge in [-0.2, -0.15) is 10.1 Å². The number of carbonyl (C=O) groups excluding carboxylic acids is 1. The van der Waals surface area contributed by atoms with Crippen LogP contribution in [0.4, 0.5) is 10.2 Å². The molecule has 0 aliphatic rings. The lowest BCUT2D eigenvalue weighted by molar-refractivity contribution is -0.122. The zero-order chi connectivity index (χ0) is 21.8. The Bertz CT molecular complexity index is 1190. The molecular weight excluding hydrogens is 419 g/mol. The summed E-state index contributed by atoms with van der Waals surface area (Å²) >= 11 is 1.36. The van der Waals surface area contributed by atoms with Crippen LogP contribution in [0.2, 0.25) is 0 Å². The minimum atomic E-state index is -0.326. The fourth-order valence-electron chi connectivity index (χ4n) is 2.94. The van der Waals surface area contributed by atoms with Crippen LogP contribution in [0.5, 0.6) is 0 Å². The third kappa shape index (κ3) is 4.58. The van der Waals surface area contributed by atoms with E-state index in [1.54, 1.807) is 12.1 Å². The highest BCUT2D eigenvalue weighted by atomic mass is 32.2. The van der Waals surface area contributed by atoms with Gasteiger partial charge in [0.05, 0.1) is 0 Å². The van der Waals surface area contributed by atoms with E-state index in [1.165, 1.54) is 28.6 Å². The second-order valence-electron chi connectivity index (χ2n) is 6.62. The molecule has 1 amide bonds. The van der Waals surface area contributed by atoms with Crippen molar-refractivity contribution in [3.05, 3.63) is 66.0 Å². The number of thioether (sulfide) groups is 1. The van der Waals surface area contributed by atoms with Crippen LogP contribution in [0.3, 0.4) is 0 Å². The molecule has 10 heteroatoms. The summed E-state index contributed by atoms with van der Waals surface area (Å²) in [7, 11) is 0. The molecule has 3 N–H and O–H groups in total. The van der Waals surface area contributed by atoms with Gasteiger partial charge in [-0.3, -0.25) is 4.79 Å². The third-order valence-corrected chi connectivity index (χ3v) is 5.19. The van der Waals surface area contributed by atoms with Crippen molar-refractivity contribution in [2.45, 2.75) is 18.1 Å². The van der Waals surface area contributed by atoms with Crippen molar-refractivity contribution < 1.29 is 13.7 Å². The van der Waals surface area contributed by atoms with Gasteiger partial charge in [0.2, 0.25) is 11.7 Å². The molecule has 2 aromatic carbocycles. The van der Waals surface area contributed by atoms with Crippen LogP contribution in [0.25, 0.3) is 22.8 Å². The lowest BCUT2D eigenvalue weighted by Gasteiger charge is -2.07. The molecule has 0 aliphatic heterocycles. The number of hydrogen-bond donors (Lipinski definition) is 2. The van der Waals surface area contributed by atoms with Gasteiger partial charge in [-0.25, -0.2) is 9.07 Å². The third-order valence-electron chi connectivity index (χ3n) is 4.52. The normalized spacial score (nSPS) is 10.9. The number of benzene rings is 2. The maximum atomic E-state index is 13.0. The van der Waals surface area contributed by atoms with Gasteiger partial charge in [-0.1, -0.05) is 47.6 Å². The fourth-order valence-corrected chi connectivity index (χ4v) is 3.52. The van der Waals surface area contributed by atoms with Crippen molar-refractivity contribution in [1.29, 1.82) is 0 Å². The van der Waals surface area contributed by atoms with Crippen molar-refractivity contribution in [2.24, 2.45) is 0 Å². The lowest BCUT2D eigenvalue weighted by atomic mass is 10.2. The van der Waals surface area contributed by atoms with E-state index in [-0.39, 0.29) is 36.5 Å². The number of nitrogens with zero attached hydrogens (tertiary/aromatic N) is 4. The Morgan fingerprint density at radius 1 is 1.19 bits per heavy atom. The Hall–Kier alpha value is -3.66. The molecule has 0 unspecified atom stereocenters. The summed E-state index contributed by atoms with van der Waals surface area (Å²) in [5, 5.41) is 11.8. The highest BCUT2D eigenvalue weighted by Crippen LogP contribution is 2.34. The topological polar surface area (TPSA) is 112 Å². The minimum Gasteiger partial charge on any atom is -0.383 e. The van der Waals surface area contributed by atoms with Gasteiger partial charge in [0.25, 0.3) is 5.89 Å². The SMILES string of the molecule is CSc1nn(CC(=O)NCc2ccc(F)cc2)c(N)c1-c1nc(-c2ccccc2)no1. The van der Waals surface area contributed by atoms with Gasteiger partial charge in [0.1, 0.15) is 28.8 Å². The molecule has 0 spiro atoms. The van der Waals surface area contributed by atoms with Gasteiger partial charge >= 0.3 is 0 Å². The van der Waals surface area contributed by atoms with Gasteiger partial charge in [-0.05, 0) is 24.0 Å². The molecule has 31 heavy (non-hydrogen) atoms. The number of nitrogens with two attached hydrogens (primary N) is 1. The first-order chi connectivity index (χ1) is 15.0. The lowest BCUT2D eigenvalue weighted by Crippen LogP contribution is -2.28. The summed E-state index contributed by atoms with van der Waals surface area (Å²) < 4.78 is 19.8. The van der Waals surface area contributed by atoms with Crippen LogP contribution in [-0.4, -0.2) is 32.1 Å². The zero-order valence-electron chi connectivity index (χ0n) is 16.6. The van der Waals surface area contributed by atoms with Crippen LogP contribution in [-0.2, 0) is 17.9 Å². The molecule has 0 aliphatic carbocycles. The first-order valence-corrected chi connectivity index (χ1v) is 10.6. The van der Waals surface area contributed by atoms with Crippen LogP contribution < -0.4 is 11.1 Å². The van der Waals surface area contributed by atoms with Gasteiger partial charge < -0.3 is 15.6 Å². The molecule has 0 saturated carbocycles. The number of nitrogens with one attached hydrogen (secondary N) is 1. The average Bonchev–Trinajstić information content (AvgIpc) is 3.39. The first kappa shape index (κ1) is 20.6. The van der Waals surface area contributed by atoms with Gasteiger partial charge in [0, 0.05) is 12.1 Å². The fraction of sp³-hybridized carbons (Fsp3) is 0.143. The van der Waals surface area contributed by atoms with Crippen molar-refractivity contribution in [3.8, 4) is 22.8 Å². The highest BCUT2D eigenvalue weighted by Gasteiger charge is 2.23. The molecule has 0 fully saturated rings. The molecule has 2 heterocycles. The molecular formula is C21H19FN6O2S. The van der Waals surface area contributed by atoms with Crippen LogP contribution in [0.1, 0.15) is 5.56 Å². The molecule has 2 aromatic heterocycles. The molecule has 0 saturated heterocycles. The minimum absolute atomic E-state index is 0.0831. The Morgan fingerprint density at radius 2 is 1.94 bits per heavy atom. The maximum Gasteiger partial charge on any atom is 0.264 e. The van der Waals surface area contributed by atoms with Gasteiger partial charge in [0.15, 0.2) is 0 Å². The molecule has 4 aromatic rings. The van der Waals surface area contributed by atoms with E-state index in [4.69, 9.17) is 10.3 Å². The van der Waals surface area contributed by atoms with Crippen molar-refractivity contribution in [2.75, 3.05) is 12.0 Å². The maximum absolute atomic E-state index is 13.0. The number of carbonyl (C=O) groups is 1. The molecule has 0 atom stereocenters. The van der Waals surface area contributed by atoms with E-state index in [0.29, 0.717) is 16.4 Å². The van der Waals surface area contributed by atoms with Crippen LogP contribution in [0, 0.1) is 5.82 Å². The van der Waals surface area contributed by atoms with Crippen LogP contribution >= 0.6 is 11.8 Å². The molecule has 8 nitrogen and oxygen atoms in total. The predicted octanol–water partition coefficient (Wildman–Crippen LogP) is 3.36. The summed E-state index contributed by atoms with van der Waals surface area (Å²) in [5.41, 5.74) is 8.36. The number of aromatic nitrogens is 4. The number of halogens is 1.